The van der Waals surface area contributed by atoms with Gasteiger partial charge in [0.2, 0.25) is 5.91 Å². The zero-order chi connectivity index (χ0) is 12.2. The van der Waals surface area contributed by atoms with Crippen LogP contribution in [0, 0.1) is 5.41 Å². The maximum absolute atomic E-state index is 11.1. The lowest BCUT2D eigenvalue weighted by Gasteiger charge is -2.21. The van der Waals surface area contributed by atoms with Crippen LogP contribution in [0.5, 0.6) is 0 Å². The van der Waals surface area contributed by atoms with Gasteiger partial charge < -0.3 is 11.1 Å². The fourth-order valence-electron chi connectivity index (χ4n) is 1.24. The highest BCUT2D eigenvalue weighted by Gasteiger charge is 2.23. The van der Waals surface area contributed by atoms with Gasteiger partial charge in [-0.2, -0.15) is 0 Å². The summed E-state index contributed by atoms with van der Waals surface area (Å²) in [6.07, 6.45) is 0. The molecule has 0 aliphatic heterocycles. The predicted molar refractivity (Wildman–Crippen MR) is 68.8 cm³/mol. The van der Waals surface area contributed by atoms with Crippen molar-refractivity contribution in [1.82, 2.24) is 5.32 Å². The third-order valence-electron chi connectivity index (χ3n) is 2.51. The number of amides is 1. The Labute approximate surface area is 105 Å². The van der Waals surface area contributed by atoms with Crippen LogP contribution in [0.15, 0.2) is 28.7 Å². The molecule has 0 radical (unpaired) electrons. The smallest absolute Gasteiger partial charge is 0.224 e. The Morgan fingerprint density at radius 1 is 1.44 bits per heavy atom. The van der Waals surface area contributed by atoms with E-state index < -0.39 is 5.41 Å². The van der Waals surface area contributed by atoms with Crippen LogP contribution in [0.1, 0.15) is 19.4 Å². The van der Waals surface area contributed by atoms with Crippen molar-refractivity contribution in [3.63, 3.8) is 0 Å². The van der Waals surface area contributed by atoms with Gasteiger partial charge in [-0.25, -0.2) is 0 Å². The van der Waals surface area contributed by atoms with Gasteiger partial charge in [-0.05, 0) is 25.5 Å². The maximum atomic E-state index is 11.1. The van der Waals surface area contributed by atoms with E-state index in [-0.39, 0.29) is 5.91 Å². The quantitative estimate of drug-likeness (QED) is 0.870. The van der Waals surface area contributed by atoms with E-state index in [2.05, 4.69) is 21.2 Å². The molecule has 0 heterocycles. The fourth-order valence-corrected chi connectivity index (χ4v) is 1.66. The molecular formula is C12H17BrN2O. The van der Waals surface area contributed by atoms with Gasteiger partial charge >= 0.3 is 0 Å². The Bertz CT molecular complexity index is 377. The highest BCUT2D eigenvalue weighted by Crippen LogP contribution is 2.16. The summed E-state index contributed by atoms with van der Waals surface area (Å²) in [7, 11) is 0. The zero-order valence-corrected chi connectivity index (χ0v) is 11.2. The Morgan fingerprint density at radius 3 is 2.62 bits per heavy atom. The van der Waals surface area contributed by atoms with Crippen LogP contribution >= 0.6 is 15.9 Å². The van der Waals surface area contributed by atoms with Gasteiger partial charge in [0.05, 0.1) is 5.41 Å². The van der Waals surface area contributed by atoms with Crippen molar-refractivity contribution in [1.29, 1.82) is 0 Å². The van der Waals surface area contributed by atoms with Gasteiger partial charge in [-0.15, -0.1) is 0 Å². The topological polar surface area (TPSA) is 55.1 Å². The molecular weight excluding hydrogens is 268 g/mol. The van der Waals surface area contributed by atoms with E-state index in [1.165, 1.54) is 5.56 Å². The Morgan fingerprint density at radius 2 is 2.06 bits per heavy atom. The maximum Gasteiger partial charge on any atom is 0.224 e. The second kappa shape index (κ2) is 5.46. The molecule has 16 heavy (non-hydrogen) atoms. The normalized spacial score (nSPS) is 11.4. The summed E-state index contributed by atoms with van der Waals surface area (Å²) in [6.45, 7) is 4.96. The molecule has 0 bridgehead atoms. The third-order valence-corrected chi connectivity index (χ3v) is 3.28. The summed E-state index contributed by atoms with van der Waals surface area (Å²) in [5.41, 5.74) is 5.95. The van der Waals surface area contributed by atoms with Crippen LogP contribution in [0.4, 0.5) is 0 Å². The Hall–Kier alpha value is -0.870. The van der Waals surface area contributed by atoms with Crippen molar-refractivity contribution in [3.05, 3.63) is 34.3 Å². The van der Waals surface area contributed by atoms with E-state index in [1.807, 2.05) is 38.1 Å². The number of nitrogens with one attached hydrogen (secondary N) is 1. The van der Waals surface area contributed by atoms with Crippen LogP contribution in [0.3, 0.4) is 0 Å². The number of primary amides is 1. The molecule has 1 aromatic carbocycles. The van der Waals surface area contributed by atoms with Crippen LogP contribution in [-0.2, 0) is 11.3 Å². The number of hydrogen-bond donors (Lipinski definition) is 2. The van der Waals surface area contributed by atoms with Gasteiger partial charge in [0.1, 0.15) is 0 Å². The van der Waals surface area contributed by atoms with E-state index in [0.717, 1.165) is 11.0 Å². The van der Waals surface area contributed by atoms with E-state index in [4.69, 9.17) is 5.73 Å². The lowest BCUT2D eigenvalue weighted by Crippen LogP contribution is -2.40. The Kier molecular flexibility index (Phi) is 4.50. The Balaban J connectivity index is 2.48. The molecule has 3 nitrogen and oxygen atoms in total. The van der Waals surface area contributed by atoms with Crippen molar-refractivity contribution in [2.45, 2.75) is 20.4 Å². The summed E-state index contributed by atoms with van der Waals surface area (Å²) in [4.78, 5) is 11.1. The van der Waals surface area contributed by atoms with E-state index in [0.29, 0.717) is 6.54 Å². The summed E-state index contributed by atoms with van der Waals surface area (Å²) in [5.74, 6) is -0.285. The third kappa shape index (κ3) is 3.61. The molecule has 4 heteroatoms. The molecule has 1 aromatic rings. The van der Waals surface area contributed by atoms with Crippen molar-refractivity contribution in [3.8, 4) is 0 Å². The first-order chi connectivity index (χ1) is 7.43. The molecule has 88 valence electrons. The molecule has 0 aliphatic rings. The number of carbonyl (C=O) groups excluding carboxylic acids is 1. The van der Waals surface area contributed by atoms with Crippen molar-refractivity contribution < 1.29 is 4.79 Å². The van der Waals surface area contributed by atoms with E-state index in [1.54, 1.807) is 0 Å². The van der Waals surface area contributed by atoms with Crippen LogP contribution < -0.4 is 11.1 Å². The molecule has 1 rings (SSSR count). The van der Waals surface area contributed by atoms with Crippen molar-refractivity contribution in [2.75, 3.05) is 6.54 Å². The number of halogens is 1. The summed E-state index contributed by atoms with van der Waals surface area (Å²) < 4.78 is 1.07. The molecule has 0 saturated carbocycles. The molecule has 0 aliphatic carbocycles. The number of benzene rings is 1. The predicted octanol–water partition coefficient (Wildman–Crippen LogP) is 2.05. The van der Waals surface area contributed by atoms with Gasteiger partial charge in [-0.3, -0.25) is 4.79 Å². The average Bonchev–Trinajstić information content (AvgIpc) is 2.20. The van der Waals surface area contributed by atoms with E-state index >= 15 is 0 Å². The number of nitrogens with two attached hydrogens (primary N) is 1. The fraction of sp³-hybridized carbons (Fsp3) is 0.417. The molecule has 0 atom stereocenters. The standard InChI is InChI=1S/C12H17BrN2O/c1-12(2,11(14)16)8-15-7-9-5-3-4-6-10(9)13/h3-6,15H,7-8H2,1-2H3,(H2,14,16). The summed E-state index contributed by atoms with van der Waals surface area (Å²) in [5, 5.41) is 3.23. The number of carbonyl (C=O) groups is 1. The molecule has 0 unspecified atom stereocenters. The van der Waals surface area contributed by atoms with Crippen molar-refractivity contribution >= 4 is 21.8 Å². The van der Waals surface area contributed by atoms with Crippen LogP contribution in [0.25, 0.3) is 0 Å². The largest absolute Gasteiger partial charge is 0.369 e. The lowest BCUT2D eigenvalue weighted by molar-refractivity contribution is -0.125. The second-order valence-corrected chi connectivity index (χ2v) is 5.30. The molecule has 0 spiro atoms. The first kappa shape index (κ1) is 13.2. The molecule has 0 saturated heterocycles. The molecule has 1 amide bonds. The van der Waals surface area contributed by atoms with Crippen LogP contribution in [-0.4, -0.2) is 12.5 Å². The first-order valence-corrected chi connectivity index (χ1v) is 5.97. The number of hydrogen-bond acceptors (Lipinski definition) is 2. The average molecular weight is 285 g/mol. The SMILES string of the molecule is CC(C)(CNCc1ccccc1Br)C(N)=O. The van der Waals surface area contributed by atoms with E-state index in [9.17, 15) is 4.79 Å². The highest BCUT2D eigenvalue weighted by molar-refractivity contribution is 9.10. The van der Waals surface area contributed by atoms with Crippen molar-refractivity contribution in [2.24, 2.45) is 11.1 Å². The minimum Gasteiger partial charge on any atom is -0.369 e. The first-order valence-electron chi connectivity index (χ1n) is 5.17. The molecule has 0 fully saturated rings. The lowest BCUT2D eigenvalue weighted by atomic mass is 9.93. The second-order valence-electron chi connectivity index (χ2n) is 4.44. The minimum atomic E-state index is -0.513. The minimum absolute atomic E-state index is 0.285. The molecule has 3 N–H and O–H groups in total. The highest BCUT2D eigenvalue weighted by atomic mass is 79.9. The molecule has 0 aromatic heterocycles. The van der Waals surface area contributed by atoms with Gasteiger partial charge in [0.25, 0.3) is 0 Å². The van der Waals surface area contributed by atoms with Crippen LogP contribution in [0.2, 0.25) is 0 Å². The van der Waals surface area contributed by atoms with Gasteiger partial charge in [0.15, 0.2) is 0 Å². The van der Waals surface area contributed by atoms with Gasteiger partial charge in [0, 0.05) is 17.6 Å². The monoisotopic (exact) mass is 284 g/mol. The zero-order valence-electron chi connectivity index (χ0n) is 9.59. The summed E-state index contributed by atoms with van der Waals surface area (Å²) in [6, 6.07) is 7.99. The van der Waals surface area contributed by atoms with Gasteiger partial charge in [-0.1, -0.05) is 34.1 Å². The summed E-state index contributed by atoms with van der Waals surface area (Å²) >= 11 is 3.47. The number of rotatable bonds is 5.